The van der Waals surface area contributed by atoms with Gasteiger partial charge in [0, 0.05) is 19.6 Å². The van der Waals surface area contributed by atoms with Gasteiger partial charge in [0.15, 0.2) is 0 Å². The van der Waals surface area contributed by atoms with Crippen molar-refractivity contribution in [2.45, 2.75) is 33.3 Å². The predicted octanol–water partition coefficient (Wildman–Crippen LogP) is 0.461. The van der Waals surface area contributed by atoms with Gasteiger partial charge in [0.1, 0.15) is 0 Å². The zero-order valence-electron chi connectivity index (χ0n) is 10.8. The second kappa shape index (κ2) is 5.15. The summed E-state index contributed by atoms with van der Waals surface area (Å²) in [6.07, 6.45) is 0. The maximum absolute atomic E-state index is 12.2. The molecule has 0 spiro atoms. The second-order valence-electron chi connectivity index (χ2n) is 5.41. The molecule has 0 saturated carbocycles. The Morgan fingerprint density at radius 3 is 2.50 bits per heavy atom. The molecule has 1 aliphatic rings. The molecule has 4 nitrogen and oxygen atoms in total. The van der Waals surface area contributed by atoms with Gasteiger partial charge in [-0.05, 0) is 33.2 Å². The average Bonchev–Trinajstić information content (AvgIpc) is 2.58. The molecule has 0 aromatic carbocycles. The average molecular weight is 228 g/mol. The second-order valence-corrected chi connectivity index (χ2v) is 5.41. The molecule has 2 unspecified atom stereocenters. The number of hydrogen-bond acceptors (Lipinski definition) is 3. The summed E-state index contributed by atoms with van der Waals surface area (Å²) in [5.41, 5.74) is -0.819. The smallest absolute Gasteiger partial charge is 0.227 e. The molecule has 1 aliphatic heterocycles. The Morgan fingerprint density at radius 1 is 1.50 bits per heavy atom. The lowest BCUT2D eigenvalue weighted by atomic mass is 9.96. The van der Waals surface area contributed by atoms with Crippen LogP contribution >= 0.6 is 0 Å². The van der Waals surface area contributed by atoms with Crippen LogP contribution in [-0.2, 0) is 4.79 Å². The third-order valence-corrected chi connectivity index (χ3v) is 3.11. The van der Waals surface area contributed by atoms with Crippen LogP contribution in [0, 0.1) is 11.8 Å². The minimum Gasteiger partial charge on any atom is -0.389 e. The van der Waals surface area contributed by atoms with Crippen LogP contribution < -0.4 is 5.32 Å². The highest BCUT2D eigenvalue weighted by Crippen LogP contribution is 2.19. The minimum atomic E-state index is -0.819. The molecule has 1 fully saturated rings. The van der Waals surface area contributed by atoms with Gasteiger partial charge >= 0.3 is 0 Å². The number of aliphatic hydroxyl groups is 1. The summed E-state index contributed by atoms with van der Waals surface area (Å²) in [6, 6.07) is 0. The Hall–Kier alpha value is -0.610. The molecule has 0 radical (unpaired) electrons. The van der Waals surface area contributed by atoms with Gasteiger partial charge in [0.25, 0.3) is 0 Å². The zero-order valence-corrected chi connectivity index (χ0v) is 10.8. The van der Waals surface area contributed by atoms with E-state index in [2.05, 4.69) is 12.2 Å². The molecule has 1 amide bonds. The highest BCUT2D eigenvalue weighted by molar-refractivity contribution is 5.79. The highest BCUT2D eigenvalue weighted by Gasteiger charge is 2.33. The van der Waals surface area contributed by atoms with Gasteiger partial charge in [-0.1, -0.05) is 6.92 Å². The van der Waals surface area contributed by atoms with Gasteiger partial charge in [-0.3, -0.25) is 4.79 Å². The van der Waals surface area contributed by atoms with E-state index in [-0.39, 0.29) is 11.8 Å². The molecule has 16 heavy (non-hydrogen) atoms. The largest absolute Gasteiger partial charge is 0.389 e. The van der Waals surface area contributed by atoms with Crippen molar-refractivity contribution in [2.75, 3.05) is 26.2 Å². The van der Waals surface area contributed by atoms with Crippen molar-refractivity contribution in [3.63, 3.8) is 0 Å². The lowest BCUT2D eigenvalue weighted by molar-refractivity contribution is -0.138. The van der Waals surface area contributed by atoms with Crippen LogP contribution in [0.1, 0.15) is 27.7 Å². The van der Waals surface area contributed by atoms with Gasteiger partial charge in [-0.15, -0.1) is 0 Å². The van der Waals surface area contributed by atoms with Crippen LogP contribution in [0.3, 0.4) is 0 Å². The quantitative estimate of drug-likeness (QED) is 0.735. The molecule has 0 bridgehead atoms. The Bertz CT molecular complexity index is 248. The SMILES string of the molecule is CCN(CC(C)(C)O)C(=O)C1CNCC1C. The lowest BCUT2D eigenvalue weighted by Gasteiger charge is -2.31. The number of rotatable bonds is 4. The number of likely N-dealkylation sites (N-methyl/N-ethyl adjacent to an activating group) is 1. The van der Waals surface area contributed by atoms with E-state index >= 15 is 0 Å². The van der Waals surface area contributed by atoms with Crippen LogP contribution in [0.4, 0.5) is 0 Å². The van der Waals surface area contributed by atoms with E-state index in [0.29, 0.717) is 19.0 Å². The van der Waals surface area contributed by atoms with Gasteiger partial charge in [-0.25, -0.2) is 0 Å². The molecular weight excluding hydrogens is 204 g/mol. The summed E-state index contributed by atoms with van der Waals surface area (Å²) < 4.78 is 0. The van der Waals surface area contributed by atoms with Crippen LogP contribution in [0.25, 0.3) is 0 Å². The number of carbonyl (C=O) groups is 1. The van der Waals surface area contributed by atoms with Gasteiger partial charge in [0.05, 0.1) is 11.5 Å². The van der Waals surface area contributed by atoms with E-state index in [4.69, 9.17) is 0 Å². The molecule has 2 N–H and O–H groups in total. The summed E-state index contributed by atoms with van der Waals surface area (Å²) >= 11 is 0. The molecule has 4 heteroatoms. The van der Waals surface area contributed by atoms with Crippen molar-refractivity contribution in [1.82, 2.24) is 10.2 Å². The Balaban J connectivity index is 2.62. The summed E-state index contributed by atoms with van der Waals surface area (Å²) in [4.78, 5) is 14.0. The first kappa shape index (κ1) is 13.5. The van der Waals surface area contributed by atoms with Gasteiger partial charge in [-0.2, -0.15) is 0 Å². The number of hydrogen-bond donors (Lipinski definition) is 2. The van der Waals surface area contributed by atoms with E-state index < -0.39 is 5.60 Å². The monoisotopic (exact) mass is 228 g/mol. The lowest BCUT2D eigenvalue weighted by Crippen LogP contribution is -2.45. The molecule has 2 atom stereocenters. The maximum Gasteiger partial charge on any atom is 0.227 e. The van der Waals surface area contributed by atoms with E-state index in [1.165, 1.54) is 0 Å². The van der Waals surface area contributed by atoms with Crippen molar-refractivity contribution in [3.05, 3.63) is 0 Å². The van der Waals surface area contributed by atoms with Crippen molar-refractivity contribution < 1.29 is 9.90 Å². The fraction of sp³-hybridized carbons (Fsp3) is 0.917. The molecule has 0 aromatic heterocycles. The van der Waals surface area contributed by atoms with E-state index in [1.54, 1.807) is 18.7 Å². The van der Waals surface area contributed by atoms with Crippen LogP contribution in [-0.4, -0.2) is 47.7 Å². The molecule has 1 saturated heterocycles. The number of carbonyl (C=O) groups excluding carboxylic acids is 1. The number of amides is 1. The van der Waals surface area contributed by atoms with Crippen molar-refractivity contribution >= 4 is 5.91 Å². The van der Waals surface area contributed by atoms with E-state index in [0.717, 1.165) is 13.1 Å². The zero-order chi connectivity index (χ0) is 12.3. The summed E-state index contributed by atoms with van der Waals surface area (Å²) in [5, 5.41) is 13.0. The van der Waals surface area contributed by atoms with Crippen molar-refractivity contribution in [2.24, 2.45) is 11.8 Å². The molecule has 94 valence electrons. The summed E-state index contributed by atoms with van der Waals surface area (Å²) in [7, 11) is 0. The Labute approximate surface area is 98.0 Å². The van der Waals surface area contributed by atoms with Crippen LogP contribution in [0.5, 0.6) is 0 Å². The Kier molecular flexibility index (Phi) is 4.33. The molecular formula is C12H24N2O2. The van der Waals surface area contributed by atoms with Gasteiger partial charge in [0.2, 0.25) is 5.91 Å². The van der Waals surface area contributed by atoms with Crippen molar-refractivity contribution in [3.8, 4) is 0 Å². The number of nitrogens with zero attached hydrogens (tertiary/aromatic N) is 1. The standard InChI is InChI=1S/C12H24N2O2/c1-5-14(8-12(3,4)16)11(15)10-7-13-6-9(10)2/h9-10,13,16H,5-8H2,1-4H3. The van der Waals surface area contributed by atoms with E-state index in [1.807, 2.05) is 6.92 Å². The summed E-state index contributed by atoms with van der Waals surface area (Å²) in [6.45, 7) is 10.3. The molecule has 1 heterocycles. The fourth-order valence-corrected chi connectivity index (χ4v) is 2.19. The summed E-state index contributed by atoms with van der Waals surface area (Å²) in [5.74, 6) is 0.632. The normalized spacial score (nSPS) is 25.8. The topological polar surface area (TPSA) is 52.6 Å². The molecule has 0 aromatic rings. The molecule has 0 aliphatic carbocycles. The number of nitrogens with one attached hydrogen (secondary N) is 1. The predicted molar refractivity (Wildman–Crippen MR) is 64.1 cm³/mol. The first-order valence-corrected chi connectivity index (χ1v) is 6.07. The highest BCUT2D eigenvalue weighted by atomic mass is 16.3. The third kappa shape index (κ3) is 3.46. The minimum absolute atomic E-state index is 0.0716. The van der Waals surface area contributed by atoms with Crippen LogP contribution in [0.2, 0.25) is 0 Å². The van der Waals surface area contributed by atoms with E-state index in [9.17, 15) is 9.90 Å². The van der Waals surface area contributed by atoms with Gasteiger partial charge < -0.3 is 15.3 Å². The third-order valence-electron chi connectivity index (χ3n) is 3.11. The first-order chi connectivity index (χ1) is 7.35. The Morgan fingerprint density at radius 2 is 2.12 bits per heavy atom. The maximum atomic E-state index is 12.2. The molecule has 1 rings (SSSR count). The van der Waals surface area contributed by atoms with Crippen molar-refractivity contribution in [1.29, 1.82) is 0 Å². The first-order valence-electron chi connectivity index (χ1n) is 6.07. The van der Waals surface area contributed by atoms with Crippen LogP contribution in [0.15, 0.2) is 0 Å². The fourth-order valence-electron chi connectivity index (χ4n) is 2.19.